The van der Waals surface area contributed by atoms with Crippen molar-refractivity contribution in [3.05, 3.63) is 64.5 Å². The van der Waals surface area contributed by atoms with Gasteiger partial charge in [-0.2, -0.15) is 0 Å². The number of hydrogen-bond donors (Lipinski definition) is 0. The van der Waals surface area contributed by atoms with E-state index in [4.69, 9.17) is 0 Å². The number of nitrogens with zero attached hydrogens (tertiary/aromatic N) is 2. The molecule has 0 aliphatic carbocycles. The van der Waals surface area contributed by atoms with Crippen LogP contribution in [0.1, 0.15) is 0 Å². The molecule has 25 heavy (non-hydrogen) atoms. The van der Waals surface area contributed by atoms with Gasteiger partial charge in [0.15, 0.2) is 0 Å². The van der Waals surface area contributed by atoms with Gasteiger partial charge in [-0.05, 0) is 36.4 Å². The normalized spacial score (nSPS) is 12.6. The highest BCUT2D eigenvalue weighted by Crippen LogP contribution is 2.26. The quantitative estimate of drug-likeness (QED) is 0.550. The molecule has 0 amide bonds. The number of benzene rings is 2. The zero-order valence-corrected chi connectivity index (χ0v) is 13.5. The first-order valence-electron chi connectivity index (χ1n) is 6.98. The average molecular weight is 374 g/mol. The van der Waals surface area contributed by atoms with Crippen molar-refractivity contribution in [1.29, 1.82) is 0 Å². The van der Waals surface area contributed by atoms with Crippen LogP contribution in [0.2, 0.25) is 0 Å². The molecule has 0 saturated heterocycles. The average Bonchev–Trinajstić information content (AvgIpc) is 2.60. The molecule has 0 N–H and O–H groups in total. The van der Waals surface area contributed by atoms with E-state index in [0.717, 1.165) is 48.5 Å². The van der Waals surface area contributed by atoms with Crippen molar-refractivity contribution in [2.45, 2.75) is 11.1 Å². The Morgan fingerprint density at radius 1 is 1.08 bits per heavy atom. The Morgan fingerprint density at radius 2 is 1.64 bits per heavy atom. The van der Waals surface area contributed by atoms with Crippen molar-refractivity contribution >= 4 is 21.4 Å². The van der Waals surface area contributed by atoms with Crippen LogP contribution in [-0.4, -0.2) is 32.7 Å². The zero-order chi connectivity index (χ0) is 18.6. The third kappa shape index (κ3) is 4.27. The smallest absolute Gasteiger partial charge is 0.263 e. The largest absolute Gasteiger partial charge is 0.269 e. The van der Waals surface area contributed by atoms with E-state index in [1.807, 2.05) is 0 Å². The summed E-state index contributed by atoms with van der Waals surface area (Å²) in [4.78, 5) is 9.61. The summed E-state index contributed by atoms with van der Waals surface area (Å²) in [5, 5.41) is 10.7. The highest BCUT2D eigenvalue weighted by atomic mass is 32.2. The molecular formula is C15H13F3N2O4S. The second-order valence-electron chi connectivity index (χ2n) is 5.02. The minimum atomic E-state index is -4.33. The topological polar surface area (TPSA) is 80.5 Å². The number of anilines is 1. The lowest BCUT2D eigenvalue weighted by Gasteiger charge is -2.25. The van der Waals surface area contributed by atoms with Crippen molar-refractivity contribution in [3.63, 3.8) is 0 Å². The lowest BCUT2D eigenvalue weighted by atomic mass is 10.3. The number of sulfonamides is 1. The van der Waals surface area contributed by atoms with Crippen LogP contribution in [-0.2, 0) is 10.0 Å². The molecule has 6 nitrogen and oxygen atoms in total. The molecular weight excluding hydrogens is 361 g/mol. The third-order valence-electron chi connectivity index (χ3n) is 3.28. The van der Waals surface area contributed by atoms with Gasteiger partial charge in [0.2, 0.25) is 0 Å². The first-order chi connectivity index (χ1) is 11.8. The number of non-ortho nitro benzene ring substituents is 1. The third-order valence-corrected chi connectivity index (χ3v) is 5.09. The van der Waals surface area contributed by atoms with E-state index in [1.165, 1.54) is 0 Å². The minimum absolute atomic E-state index is 0.0594. The molecule has 0 aliphatic heterocycles. The van der Waals surface area contributed by atoms with Crippen LogP contribution in [0.4, 0.5) is 24.5 Å². The van der Waals surface area contributed by atoms with E-state index in [0.29, 0.717) is 4.31 Å². The van der Waals surface area contributed by atoms with E-state index in [9.17, 15) is 31.7 Å². The number of nitro groups is 1. The summed E-state index contributed by atoms with van der Waals surface area (Å²) in [7, 11) is -4.33. The Labute approximate surface area is 141 Å². The zero-order valence-electron chi connectivity index (χ0n) is 12.7. The number of nitro benzene ring substituents is 1. The maximum absolute atomic E-state index is 13.5. The molecule has 1 atom stereocenters. The van der Waals surface area contributed by atoms with Gasteiger partial charge in [-0.25, -0.2) is 21.6 Å². The Hall–Kier alpha value is -2.62. The van der Waals surface area contributed by atoms with Crippen molar-refractivity contribution in [3.8, 4) is 0 Å². The molecule has 0 saturated carbocycles. The molecule has 10 heteroatoms. The van der Waals surface area contributed by atoms with Gasteiger partial charge in [-0.1, -0.05) is 0 Å². The Bertz CT molecular complexity index is 842. The second-order valence-corrected chi connectivity index (χ2v) is 6.88. The van der Waals surface area contributed by atoms with E-state index >= 15 is 0 Å². The molecule has 2 aromatic rings. The Morgan fingerprint density at radius 3 is 2.12 bits per heavy atom. The lowest BCUT2D eigenvalue weighted by Crippen LogP contribution is -2.37. The van der Waals surface area contributed by atoms with Crippen molar-refractivity contribution in [2.24, 2.45) is 0 Å². The second kappa shape index (κ2) is 7.51. The summed E-state index contributed by atoms with van der Waals surface area (Å²) in [5.74, 6) is -0.626. The summed E-state index contributed by atoms with van der Waals surface area (Å²) < 4.78 is 65.1. The highest BCUT2D eigenvalue weighted by molar-refractivity contribution is 7.92. The fourth-order valence-electron chi connectivity index (χ4n) is 2.05. The van der Waals surface area contributed by atoms with E-state index < -0.39 is 40.2 Å². The summed E-state index contributed by atoms with van der Waals surface area (Å²) >= 11 is 0. The van der Waals surface area contributed by atoms with Crippen molar-refractivity contribution in [1.82, 2.24) is 0 Å². The molecule has 0 bridgehead atoms. The van der Waals surface area contributed by atoms with Gasteiger partial charge < -0.3 is 0 Å². The number of rotatable bonds is 7. The van der Waals surface area contributed by atoms with Crippen LogP contribution in [0, 0.1) is 15.9 Å². The highest BCUT2D eigenvalue weighted by Gasteiger charge is 2.28. The molecule has 0 fully saturated rings. The number of hydrogen-bond acceptors (Lipinski definition) is 4. The molecule has 0 heterocycles. The van der Waals surface area contributed by atoms with Crippen LogP contribution >= 0.6 is 0 Å². The standard InChI is InChI=1S/C15H13F3N2O4S/c16-9-12(18)10-19(13-3-1-11(17)2-4-13)25(23,24)15-7-5-14(6-8-15)20(21)22/h1-8,12H,9-10H2. The first-order valence-corrected chi connectivity index (χ1v) is 8.42. The molecule has 0 radical (unpaired) electrons. The van der Waals surface area contributed by atoms with E-state index in [-0.39, 0.29) is 16.3 Å². The molecule has 0 spiro atoms. The van der Waals surface area contributed by atoms with Gasteiger partial charge >= 0.3 is 0 Å². The lowest BCUT2D eigenvalue weighted by molar-refractivity contribution is -0.384. The van der Waals surface area contributed by atoms with Crippen LogP contribution in [0.5, 0.6) is 0 Å². The maximum atomic E-state index is 13.5. The molecule has 1 unspecified atom stereocenters. The maximum Gasteiger partial charge on any atom is 0.269 e. The summed E-state index contributed by atoms with van der Waals surface area (Å²) in [6, 6.07) is 8.15. The van der Waals surface area contributed by atoms with Crippen molar-refractivity contribution < 1.29 is 26.5 Å². The molecule has 0 aromatic heterocycles. The van der Waals surface area contributed by atoms with E-state index in [2.05, 4.69) is 0 Å². The van der Waals surface area contributed by atoms with Gasteiger partial charge in [0.05, 0.1) is 22.1 Å². The molecule has 2 aromatic carbocycles. The van der Waals surface area contributed by atoms with Gasteiger partial charge in [-0.3, -0.25) is 14.4 Å². The number of halogens is 3. The van der Waals surface area contributed by atoms with Crippen LogP contribution in [0.25, 0.3) is 0 Å². The van der Waals surface area contributed by atoms with Gasteiger partial charge in [-0.15, -0.1) is 0 Å². The predicted molar refractivity (Wildman–Crippen MR) is 84.9 cm³/mol. The van der Waals surface area contributed by atoms with Gasteiger partial charge in [0, 0.05) is 12.1 Å². The number of alkyl halides is 2. The monoisotopic (exact) mass is 374 g/mol. The summed E-state index contributed by atoms with van der Waals surface area (Å²) in [6.07, 6.45) is -2.09. The van der Waals surface area contributed by atoms with Crippen LogP contribution < -0.4 is 4.31 Å². The first kappa shape index (κ1) is 18.7. The van der Waals surface area contributed by atoms with E-state index in [1.54, 1.807) is 0 Å². The van der Waals surface area contributed by atoms with Crippen molar-refractivity contribution in [2.75, 3.05) is 17.5 Å². The minimum Gasteiger partial charge on any atom is -0.263 e. The summed E-state index contributed by atoms with van der Waals surface area (Å²) in [6.45, 7) is -2.21. The molecule has 134 valence electrons. The Kier molecular flexibility index (Phi) is 5.62. The fraction of sp³-hybridized carbons (Fsp3) is 0.200. The molecule has 2 rings (SSSR count). The fourth-order valence-corrected chi connectivity index (χ4v) is 3.54. The summed E-state index contributed by atoms with van der Waals surface area (Å²) in [5.41, 5.74) is -0.379. The van der Waals surface area contributed by atoms with Crippen LogP contribution in [0.15, 0.2) is 53.4 Å². The predicted octanol–water partition coefficient (Wildman–Crippen LogP) is 3.24. The Balaban J connectivity index is 2.46. The van der Waals surface area contributed by atoms with Crippen LogP contribution in [0.3, 0.4) is 0 Å². The SMILES string of the molecule is O=[N+]([O-])c1ccc(S(=O)(=O)N(CC(F)CF)c2ccc(F)cc2)cc1. The van der Waals surface area contributed by atoms with Gasteiger partial charge in [0.25, 0.3) is 15.7 Å². The molecule has 0 aliphatic rings. The van der Waals surface area contributed by atoms with Gasteiger partial charge in [0.1, 0.15) is 18.7 Å².